The first-order valence-electron chi connectivity index (χ1n) is 9.68. The smallest absolute Gasteiger partial charge is 0.243 e. The lowest BCUT2D eigenvalue weighted by molar-refractivity contribution is -0.128. The normalized spacial score (nSPS) is 21.1. The molecule has 0 bridgehead atoms. The molecule has 1 unspecified atom stereocenters. The molecule has 1 atom stereocenters. The van der Waals surface area contributed by atoms with Crippen molar-refractivity contribution >= 4 is 27.5 Å². The summed E-state index contributed by atoms with van der Waals surface area (Å²) in [5, 5.41) is 2.79. The van der Waals surface area contributed by atoms with Gasteiger partial charge in [-0.2, -0.15) is 4.31 Å². The van der Waals surface area contributed by atoms with Crippen LogP contribution in [0.15, 0.2) is 29.2 Å². The number of nitrogens with zero attached hydrogens (tertiary/aromatic N) is 2. The fourth-order valence-corrected chi connectivity index (χ4v) is 4.81. The predicted octanol–water partition coefficient (Wildman–Crippen LogP) is 1.29. The van der Waals surface area contributed by atoms with Gasteiger partial charge in [0.05, 0.1) is 24.0 Å². The number of ether oxygens (including phenoxy) is 1. The van der Waals surface area contributed by atoms with Crippen LogP contribution in [0.4, 0.5) is 5.69 Å². The monoisotopic (exact) mass is 409 g/mol. The summed E-state index contributed by atoms with van der Waals surface area (Å²) in [6, 6.07) is 6.15. The average molecular weight is 410 g/mol. The minimum Gasteiger partial charge on any atom is -0.379 e. The second-order valence-electron chi connectivity index (χ2n) is 7.12. The van der Waals surface area contributed by atoms with E-state index in [1.54, 1.807) is 17.0 Å². The number of amides is 2. The first kappa shape index (κ1) is 20.8. The van der Waals surface area contributed by atoms with Gasteiger partial charge in [-0.25, -0.2) is 8.42 Å². The highest BCUT2D eigenvalue weighted by Crippen LogP contribution is 2.22. The highest BCUT2D eigenvalue weighted by atomic mass is 32.2. The molecule has 8 nitrogen and oxygen atoms in total. The van der Waals surface area contributed by atoms with Crippen LogP contribution in [0, 0.1) is 5.92 Å². The molecule has 0 aliphatic carbocycles. The number of nitrogens with one attached hydrogen (secondary N) is 1. The molecule has 2 heterocycles. The van der Waals surface area contributed by atoms with Crippen LogP contribution in [0.25, 0.3) is 0 Å². The summed E-state index contributed by atoms with van der Waals surface area (Å²) in [6.45, 7) is 4.65. The summed E-state index contributed by atoms with van der Waals surface area (Å²) in [6.07, 6.45) is 2.15. The Bertz CT molecular complexity index is 803. The van der Waals surface area contributed by atoms with Crippen LogP contribution >= 0.6 is 0 Å². The van der Waals surface area contributed by atoms with E-state index in [2.05, 4.69) is 12.2 Å². The SMILES string of the molecule is CCCCN1CC(C(=O)Nc2ccc(S(=O)(=O)N3CCOCC3)cc2)CC1=O. The fourth-order valence-electron chi connectivity index (χ4n) is 3.40. The molecule has 0 radical (unpaired) electrons. The van der Waals surface area contributed by atoms with Crippen molar-refractivity contribution in [2.75, 3.05) is 44.7 Å². The fraction of sp³-hybridized carbons (Fsp3) is 0.579. The summed E-state index contributed by atoms with van der Waals surface area (Å²) < 4.78 is 31.9. The van der Waals surface area contributed by atoms with Gasteiger partial charge in [0.15, 0.2) is 0 Å². The number of rotatable bonds is 7. The van der Waals surface area contributed by atoms with Gasteiger partial charge in [0.1, 0.15) is 0 Å². The number of sulfonamides is 1. The number of hydrogen-bond acceptors (Lipinski definition) is 5. The van der Waals surface area contributed by atoms with Crippen molar-refractivity contribution in [1.82, 2.24) is 9.21 Å². The van der Waals surface area contributed by atoms with E-state index in [0.717, 1.165) is 12.8 Å². The molecule has 2 aliphatic heterocycles. The molecule has 3 rings (SSSR count). The maximum Gasteiger partial charge on any atom is 0.243 e. The Morgan fingerprint density at radius 3 is 2.54 bits per heavy atom. The summed E-state index contributed by atoms with van der Waals surface area (Å²) in [5.41, 5.74) is 0.519. The summed E-state index contributed by atoms with van der Waals surface area (Å²) >= 11 is 0. The zero-order chi connectivity index (χ0) is 20.1. The number of likely N-dealkylation sites (tertiary alicyclic amines) is 1. The first-order chi connectivity index (χ1) is 13.4. The summed E-state index contributed by atoms with van der Waals surface area (Å²) in [7, 11) is -3.56. The predicted molar refractivity (Wildman–Crippen MR) is 104 cm³/mol. The van der Waals surface area contributed by atoms with Gasteiger partial charge in [0, 0.05) is 38.3 Å². The minimum absolute atomic E-state index is 0.0144. The second-order valence-corrected chi connectivity index (χ2v) is 9.06. The molecule has 0 aromatic heterocycles. The third kappa shape index (κ3) is 4.71. The van der Waals surface area contributed by atoms with Crippen LogP contribution in [-0.4, -0.2) is 68.8 Å². The molecule has 28 heavy (non-hydrogen) atoms. The van der Waals surface area contributed by atoms with Gasteiger partial charge in [-0.05, 0) is 30.7 Å². The van der Waals surface area contributed by atoms with Crippen LogP contribution in [0.3, 0.4) is 0 Å². The standard InChI is InChI=1S/C19H27N3O5S/c1-2-3-8-21-14-15(13-18(21)23)19(24)20-16-4-6-17(7-5-16)28(25,26)22-9-11-27-12-10-22/h4-7,15H,2-3,8-14H2,1H3,(H,20,24). The Balaban J connectivity index is 1.60. The minimum atomic E-state index is -3.56. The maximum absolute atomic E-state index is 12.6. The number of unbranched alkanes of at least 4 members (excludes halogenated alkanes) is 1. The van der Waals surface area contributed by atoms with E-state index in [1.807, 2.05) is 0 Å². The van der Waals surface area contributed by atoms with Gasteiger partial charge in [-0.3, -0.25) is 9.59 Å². The van der Waals surface area contributed by atoms with Gasteiger partial charge in [0.2, 0.25) is 21.8 Å². The molecule has 2 aliphatic rings. The number of hydrogen-bond donors (Lipinski definition) is 1. The molecular formula is C19H27N3O5S. The number of carbonyl (C=O) groups is 2. The number of morpholine rings is 1. The van der Waals surface area contributed by atoms with Crippen molar-refractivity contribution < 1.29 is 22.7 Å². The first-order valence-corrected chi connectivity index (χ1v) is 11.1. The Kier molecular flexibility index (Phi) is 6.69. The van der Waals surface area contributed by atoms with Crippen LogP contribution in [-0.2, 0) is 24.3 Å². The van der Waals surface area contributed by atoms with Gasteiger partial charge in [0.25, 0.3) is 0 Å². The Hall–Kier alpha value is -1.97. The van der Waals surface area contributed by atoms with Gasteiger partial charge in [-0.1, -0.05) is 13.3 Å². The highest BCUT2D eigenvalue weighted by molar-refractivity contribution is 7.89. The number of benzene rings is 1. The van der Waals surface area contributed by atoms with Crippen molar-refractivity contribution in [3.63, 3.8) is 0 Å². The van der Waals surface area contributed by atoms with Crippen molar-refractivity contribution in [1.29, 1.82) is 0 Å². The van der Waals surface area contributed by atoms with E-state index >= 15 is 0 Å². The molecule has 1 N–H and O–H groups in total. The van der Waals surface area contributed by atoms with Crippen LogP contribution in [0.5, 0.6) is 0 Å². The van der Waals surface area contributed by atoms with Crippen molar-refractivity contribution in [3.8, 4) is 0 Å². The average Bonchev–Trinajstić information content (AvgIpc) is 3.08. The van der Waals surface area contributed by atoms with Gasteiger partial charge in [-0.15, -0.1) is 0 Å². The van der Waals surface area contributed by atoms with E-state index in [0.29, 0.717) is 45.1 Å². The Labute approximate surface area is 165 Å². The van der Waals surface area contributed by atoms with Crippen LogP contribution in [0.2, 0.25) is 0 Å². The van der Waals surface area contributed by atoms with E-state index in [9.17, 15) is 18.0 Å². The molecule has 0 saturated carbocycles. The highest BCUT2D eigenvalue weighted by Gasteiger charge is 2.34. The van der Waals surface area contributed by atoms with E-state index in [1.165, 1.54) is 16.4 Å². The number of carbonyl (C=O) groups excluding carboxylic acids is 2. The quantitative estimate of drug-likeness (QED) is 0.732. The number of anilines is 1. The van der Waals surface area contributed by atoms with Crippen LogP contribution < -0.4 is 5.32 Å². The topological polar surface area (TPSA) is 96.0 Å². The summed E-state index contributed by atoms with van der Waals surface area (Å²) in [5.74, 6) is -0.571. The Morgan fingerprint density at radius 1 is 1.21 bits per heavy atom. The van der Waals surface area contributed by atoms with Crippen molar-refractivity contribution in [2.24, 2.45) is 5.92 Å². The zero-order valence-electron chi connectivity index (χ0n) is 16.1. The van der Waals surface area contributed by atoms with Crippen molar-refractivity contribution in [2.45, 2.75) is 31.1 Å². The molecule has 1 aromatic carbocycles. The van der Waals surface area contributed by atoms with Gasteiger partial charge >= 0.3 is 0 Å². The largest absolute Gasteiger partial charge is 0.379 e. The lowest BCUT2D eigenvalue weighted by Gasteiger charge is -2.26. The summed E-state index contributed by atoms with van der Waals surface area (Å²) in [4.78, 5) is 26.4. The van der Waals surface area contributed by atoms with Gasteiger partial charge < -0.3 is 15.0 Å². The third-order valence-electron chi connectivity index (χ3n) is 5.10. The third-order valence-corrected chi connectivity index (χ3v) is 7.01. The van der Waals surface area contributed by atoms with E-state index < -0.39 is 10.0 Å². The molecule has 9 heteroatoms. The Morgan fingerprint density at radius 2 is 1.89 bits per heavy atom. The zero-order valence-corrected chi connectivity index (χ0v) is 16.9. The molecular weight excluding hydrogens is 382 g/mol. The molecule has 1 aromatic rings. The lowest BCUT2D eigenvalue weighted by Crippen LogP contribution is -2.40. The molecule has 154 valence electrons. The molecule has 0 spiro atoms. The molecule has 2 amide bonds. The molecule has 2 fully saturated rings. The lowest BCUT2D eigenvalue weighted by atomic mass is 10.1. The van der Waals surface area contributed by atoms with Crippen molar-refractivity contribution in [3.05, 3.63) is 24.3 Å². The van der Waals surface area contributed by atoms with E-state index in [4.69, 9.17) is 4.74 Å². The maximum atomic E-state index is 12.6. The van der Waals surface area contributed by atoms with E-state index in [-0.39, 0.29) is 29.0 Å². The molecule has 2 saturated heterocycles. The van der Waals surface area contributed by atoms with Crippen LogP contribution in [0.1, 0.15) is 26.2 Å². The second kappa shape index (κ2) is 9.02.